The van der Waals surface area contributed by atoms with E-state index >= 15 is 0 Å². The molecule has 254 valence electrons. The number of hydrogen-bond acceptors (Lipinski definition) is 10. The molecule has 0 atom stereocenters. The summed E-state index contributed by atoms with van der Waals surface area (Å²) in [5.41, 5.74) is 4.92. The van der Waals surface area contributed by atoms with Gasteiger partial charge < -0.3 is 20.2 Å². The fraction of sp³-hybridized carbons (Fsp3) is 0.278. The molecule has 0 fully saturated rings. The number of pyridine rings is 2. The summed E-state index contributed by atoms with van der Waals surface area (Å²) in [6, 6.07) is 17.9. The Kier molecular flexibility index (Phi) is 8.94. The molecular weight excluding hydrogens is 655 g/mol. The van der Waals surface area contributed by atoms with Crippen LogP contribution in [0.2, 0.25) is 18.1 Å². The van der Waals surface area contributed by atoms with Crippen LogP contribution in [-0.2, 0) is 27.6 Å². The van der Waals surface area contributed by atoms with Gasteiger partial charge >= 0.3 is 0 Å². The van der Waals surface area contributed by atoms with E-state index in [0.29, 0.717) is 46.4 Å². The van der Waals surface area contributed by atoms with Crippen molar-refractivity contribution in [2.45, 2.75) is 63.9 Å². The van der Waals surface area contributed by atoms with E-state index in [9.17, 15) is 13.5 Å². The molecule has 4 aromatic heterocycles. The first-order valence-electron chi connectivity index (χ1n) is 16.0. The third kappa shape index (κ3) is 6.87. The molecule has 6 rings (SSSR count). The van der Waals surface area contributed by atoms with Crippen LogP contribution < -0.4 is 10.6 Å². The minimum Gasteiger partial charge on any atom is -0.506 e. The molecule has 2 aromatic carbocycles. The lowest BCUT2D eigenvalue weighted by Crippen LogP contribution is -2.40. The Morgan fingerprint density at radius 1 is 0.980 bits per heavy atom. The third-order valence-corrected chi connectivity index (χ3v) is 15.3. The fourth-order valence-corrected chi connectivity index (χ4v) is 7.49. The quantitative estimate of drug-likeness (QED) is 0.124. The predicted molar refractivity (Wildman–Crippen MR) is 197 cm³/mol. The highest BCUT2D eigenvalue weighted by molar-refractivity contribution is 7.90. The third-order valence-electron chi connectivity index (χ3n) is 9.12. The van der Waals surface area contributed by atoms with Crippen LogP contribution in [0, 0.1) is 6.92 Å². The molecule has 0 saturated carbocycles. The Morgan fingerprint density at radius 3 is 2.45 bits per heavy atom. The zero-order valence-electron chi connectivity index (χ0n) is 28.7. The second-order valence-electron chi connectivity index (χ2n) is 13.7. The van der Waals surface area contributed by atoms with E-state index < -0.39 is 18.3 Å². The normalized spacial score (nSPS) is 12.5. The first kappa shape index (κ1) is 34.0. The number of aryl methyl sites for hydroxylation is 1. The summed E-state index contributed by atoms with van der Waals surface area (Å²) in [6.45, 7) is 13.8. The van der Waals surface area contributed by atoms with Gasteiger partial charge in [0.05, 0.1) is 40.8 Å². The molecule has 0 spiro atoms. The van der Waals surface area contributed by atoms with Crippen molar-refractivity contribution >= 4 is 52.0 Å². The van der Waals surface area contributed by atoms with Crippen LogP contribution in [0.1, 0.15) is 37.6 Å². The number of fused-ring (bicyclic) bond motifs is 2. The number of rotatable bonds is 10. The number of nitrogens with one attached hydrogen (secondary N) is 2. The van der Waals surface area contributed by atoms with Gasteiger partial charge in [0.15, 0.2) is 14.0 Å². The Hall–Kier alpha value is -4.85. The summed E-state index contributed by atoms with van der Waals surface area (Å²) in [6.07, 6.45) is 4.73. The summed E-state index contributed by atoms with van der Waals surface area (Å²) in [5.74, 6) is 0.709. The number of benzene rings is 2. The molecule has 49 heavy (non-hydrogen) atoms. The Bertz CT molecular complexity index is 2280. The molecular formula is C36H41N7O4SSi. The molecule has 0 saturated heterocycles. The van der Waals surface area contributed by atoms with Gasteiger partial charge in [0, 0.05) is 30.4 Å². The molecule has 4 heterocycles. The summed E-state index contributed by atoms with van der Waals surface area (Å²) in [5, 5.41) is 17.8. The van der Waals surface area contributed by atoms with Crippen LogP contribution in [-0.4, -0.2) is 52.8 Å². The number of anilines is 2. The molecule has 0 bridgehead atoms. The van der Waals surface area contributed by atoms with E-state index in [2.05, 4.69) is 59.5 Å². The average Bonchev–Trinajstić information content (AvgIpc) is 3.46. The lowest BCUT2D eigenvalue weighted by atomic mass is 10.0. The maximum Gasteiger partial charge on any atom is 0.269 e. The van der Waals surface area contributed by atoms with Crippen molar-refractivity contribution in [2.24, 2.45) is 0 Å². The Balaban J connectivity index is 1.46. The SMILES string of the molecule is CNc1nc(NCc2cc(CO[Si](C)(C)C(C)(C)C)ccn2)c2c(-c3ccc4ncc(O)cc4c3)cn(S(=O)(=O)c3ccc(C)cc3)c2n1. The smallest absolute Gasteiger partial charge is 0.269 e. The molecule has 6 aromatic rings. The fourth-order valence-electron chi connectivity index (χ4n) is 5.22. The maximum absolute atomic E-state index is 14.2. The minimum atomic E-state index is -4.07. The summed E-state index contributed by atoms with van der Waals surface area (Å²) in [4.78, 5) is 18.4. The van der Waals surface area contributed by atoms with Gasteiger partial charge in [0.1, 0.15) is 11.6 Å². The molecule has 0 unspecified atom stereocenters. The number of nitrogens with zero attached hydrogens (tertiary/aromatic N) is 5. The topological polar surface area (TPSA) is 144 Å². The average molecular weight is 696 g/mol. The van der Waals surface area contributed by atoms with Crippen molar-refractivity contribution in [3.63, 3.8) is 0 Å². The van der Waals surface area contributed by atoms with Gasteiger partial charge in [-0.2, -0.15) is 9.97 Å². The lowest BCUT2D eigenvalue weighted by molar-refractivity contribution is 0.276. The van der Waals surface area contributed by atoms with Gasteiger partial charge in [0.2, 0.25) is 5.95 Å². The molecule has 0 amide bonds. The Labute approximate surface area is 287 Å². The molecule has 0 aliphatic carbocycles. The molecule has 3 N–H and O–H groups in total. The summed E-state index contributed by atoms with van der Waals surface area (Å²) in [7, 11) is -4.33. The van der Waals surface area contributed by atoms with E-state index in [4.69, 9.17) is 9.41 Å². The summed E-state index contributed by atoms with van der Waals surface area (Å²) < 4.78 is 36.0. The van der Waals surface area contributed by atoms with Gasteiger partial charge in [-0.1, -0.05) is 44.5 Å². The van der Waals surface area contributed by atoms with Crippen molar-refractivity contribution in [3.05, 3.63) is 96.1 Å². The van der Waals surface area contributed by atoms with Crippen LogP contribution in [0.3, 0.4) is 0 Å². The van der Waals surface area contributed by atoms with Crippen LogP contribution in [0.5, 0.6) is 5.75 Å². The first-order chi connectivity index (χ1) is 23.2. The monoisotopic (exact) mass is 695 g/mol. The largest absolute Gasteiger partial charge is 0.506 e. The molecule has 0 radical (unpaired) electrons. The molecule has 0 aliphatic rings. The lowest BCUT2D eigenvalue weighted by Gasteiger charge is -2.36. The van der Waals surface area contributed by atoms with Crippen LogP contribution in [0.25, 0.3) is 33.1 Å². The number of hydrogen-bond donors (Lipinski definition) is 3. The Morgan fingerprint density at radius 2 is 1.73 bits per heavy atom. The molecule has 11 nitrogen and oxygen atoms in total. The second-order valence-corrected chi connectivity index (χ2v) is 20.3. The highest BCUT2D eigenvalue weighted by Crippen LogP contribution is 2.39. The maximum atomic E-state index is 14.2. The van der Waals surface area contributed by atoms with E-state index in [1.54, 1.807) is 49.8 Å². The van der Waals surface area contributed by atoms with E-state index in [0.717, 1.165) is 16.8 Å². The van der Waals surface area contributed by atoms with E-state index in [1.165, 1.54) is 10.2 Å². The van der Waals surface area contributed by atoms with Gasteiger partial charge in [-0.15, -0.1) is 0 Å². The minimum absolute atomic E-state index is 0.0304. The highest BCUT2D eigenvalue weighted by atomic mass is 32.2. The van der Waals surface area contributed by atoms with Crippen molar-refractivity contribution < 1.29 is 18.0 Å². The zero-order chi connectivity index (χ0) is 35.1. The predicted octanol–water partition coefficient (Wildman–Crippen LogP) is 7.47. The van der Waals surface area contributed by atoms with Gasteiger partial charge in [0.25, 0.3) is 10.0 Å². The van der Waals surface area contributed by atoms with Crippen molar-refractivity contribution in [2.75, 3.05) is 17.7 Å². The first-order valence-corrected chi connectivity index (χ1v) is 20.3. The van der Waals surface area contributed by atoms with Gasteiger partial charge in [-0.3, -0.25) is 9.97 Å². The standard InChI is InChI=1S/C36H41N7O4SSi/c1-23-8-11-29(12-9-23)48(45,46)43-21-30(25-10-13-31-26(17-25)18-28(44)20-39-31)32-33(41-35(37-5)42-34(32)43)40-19-27-16-24(14-15-38-27)22-47-49(6,7)36(2,3)4/h8-18,20-21,44H,19,22H2,1-7H3,(H2,37,40,41,42). The van der Waals surface area contributed by atoms with Crippen LogP contribution in [0.15, 0.2) is 84.1 Å². The highest BCUT2D eigenvalue weighted by Gasteiger charge is 2.37. The number of aromatic nitrogens is 5. The molecule has 0 aliphatic heterocycles. The zero-order valence-corrected chi connectivity index (χ0v) is 30.6. The molecule has 13 heteroatoms. The van der Waals surface area contributed by atoms with Crippen molar-refractivity contribution in [3.8, 4) is 16.9 Å². The van der Waals surface area contributed by atoms with Crippen LogP contribution >= 0.6 is 0 Å². The summed E-state index contributed by atoms with van der Waals surface area (Å²) >= 11 is 0. The van der Waals surface area contributed by atoms with E-state index in [-0.39, 0.29) is 27.3 Å². The van der Waals surface area contributed by atoms with E-state index in [1.807, 2.05) is 37.3 Å². The van der Waals surface area contributed by atoms with Gasteiger partial charge in [-0.05, 0) is 78.6 Å². The van der Waals surface area contributed by atoms with Crippen LogP contribution in [0.4, 0.5) is 11.8 Å². The van der Waals surface area contributed by atoms with Crippen molar-refractivity contribution in [1.29, 1.82) is 0 Å². The van der Waals surface area contributed by atoms with Crippen molar-refractivity contribution in [1.82, 2.24) is 23.9 Å². The number of aromatic hydroxyl groups is 1. The van der Waals surface area contributed by atoms with Gasteiger partial charge in [-0.25, -0.2) is 12.4 Å². The second kappa shape index (κ2) is 12.9.